The molecule has 0 bridgehead atoms. The zero-order valence-electron chi connectivity index (χ0n) is 15.9. The molecular formula is C20H22BrN5O2. The lowest BCUT2D eigenvalue weighted by molar-refractivity contribution is 0.200. The molecule has 28 heavy (non-hydrogen) atoms. The van der Waals surface area contributed by atoms with Crippen LogP contribution in [0.3, 0.4) is 0 Å². The second-order valence-corrected chi connectivity index (χ2v) is 7.87. The van der Waals surface area contributed by atoms with Crippen LogP contribution in [0.1, 0.15) is 35.8 Å². The molecule has 1 saturated heterocycles. The Hall–Kier alpha value is -2.32. The van der Waals surface area contributed by atoms with Gasteiger partial charge in [0, 0.05) is 18.7 Å². The molecule has 1 aromatic carbocycles. The molecule has 0 saturated carbocycles. The summed E-state index contributed by atoms with van der Waals surface area (Å²) in [6.45, 7) is 4.82. The third-order valence-electron chi connectivity index (χ3n) is 5.02. The van der Waals surface area contributed by atoms with Gasteiger partial charge in [-0.3, -0.25) is 9.88 Å². The Morgan fingerprint density at radius 3 is 2.71 bits per heavy atom. The number of rotatable bonds is 5. The number of aromatic nitrogens is 4. The van der Waals surface area contributed by atoms with E-state index in [9.17, 15) is 0 Å². The quantitative estimate of drug-likeness (QED) is 0.589. The lowest BCUT2D eigenvalue weighted by Crippen LogP contribution is -2.32. The van der Waals surface area contributed by atoms with E-state index in [1.807, 2.05) is 13.0 Å². The summed E-state index contributed by atoms with van der Waals surface area (Å²) in [6, 6.07) is 6.24. The van der Waals surface area contributed by atoms with Crippen LogP contribution in [0.25, 0.3) is 11.6 Å². The Bertz CT molecular complexity index is 936. The maximum absolute atomic E-state index is 5.41. The van der Waals surface area contributed by atoms with Gasteiger partial charge in [-0.25, -0.2) is 4.98 Å². The maximum Gasteiger partial charge on any atom is 0.278 e. The van der Waals surface area contributed by atoms with E-state index >= 15 is 0 Å². The first-order valence-electron chi connectivity index (χ1n) is 9.30. The first-order chi connectivity index (χ1) is 13.6. The lowest BCUT2D eigenvalue weighted by atomic mass is 9.96. The van der Waals surface area contributed by atoms with Crippen molar-refractivity contribution < 1.29 is 9.26 Å². The van der Waals surface area contributed by atoms with E-state index in [1.165, 1.54) is 5.56 Å². The molecule has 1 fully saturated rings. The summed E-state index contributed by atoms with van der Waals surface area (Å²) in [5, 5.41) is 4.19. The molecule has 0 atom stereocenters. The summed E-state index contributed by atoms with van der Waals surface area (Å²) in [6.07, 6.45) is 5.39. The Balaban J connectivity index is 1.35. The minimum absolute atomic E-state index is 0.315. The van der Waals surface area contributed by atoms with Crippen molar-refractivity contribution in [2.75, 3.05) is 20.2 Å². The molecule has 146 valence electrons. The van der Waals surface area contributed by atoms with Crippen LogP contribution in [-0.4, -0.2) is 45.2 Å². The van der Waals surface area contributed by atoms with E-state index in [2.05, 4.69) is 53.1 Å². The number of nitrogens with zero attached hydrogens (tertiary/aromatic N) is 5. The highest BCUT2D eigenvalue weighted by atomic mass is 79.9. The standard InChI is InChI=1S/C20H22BrN5O2/c1-13-10-23-17(11-22-13)20-24-19(25-28-20)15-5-7-26(8-6-15)12-14-3-4-18(27-2)16(21)9-14/h3-4,9-11,15H,5-8,12H2,1-2H3. The lowest BCUT2D eigenvalue weighted by Gasteiger charge is -2.30. The molecule has 0 aliphatic carbocycles. The van der Waals surface area contributed by atoms with Crippen LogP contribution >= 0.6 is 15.9 Å². The minimum atomic E-state index is 0.315. The van der Waals surface area contributed by atoms with Crippen molar-refractivity contribution in [2.24, 2.45) is 0 Å². The van der Waals surface area contributed by atoms with Crippen molar-refractivity contribution >= 4 is 15.9 Å². The summed E-state index contributed by atoms with van der Waals surface area (Å²) >= 11 is 3.56. The van der Waals surface area contributed by atoms with Gasteiger partial charge in [0.25, 0.3) is 5.89 Å². The van der Waals surface area contributed by atoms with Crippen molar-refractivity contribution in [1.82, 2.24) is 25.0 Å². The highest BCUT2D eigenvalue weighted by molar-refractivity contribution is 9.10. The molecule has 0 amide bonds. The smallest absolute Gasteiger partial charge is 0.278 e. The second kappa shape index (κ2) is 8.36. The minimum Gasteiger partial charge on any atom is -0.496 e. The molecule has 0 radical (unpaired) electrons. The van der Waals surface area contributed by atoms with E-state index in [4.69, 9.17) is 9.26 Å². The summed E-state index contributed by atoms with van der Waals surface area (Å²) < 4.78 is 11.7. The van der Waals surface area contributed by atoms with Gasteiger partial charge in [-0.05, 0) is 66.5 Å². The van der Waals surface area contributed by atoms with E-state index < -0.39 is 0 Å². The van der Waals surface area contributed by atoms with E-state index in [0.29, 0.717) is 17.5 Å². The first kappa shape index (κ1) is 19.0. The van der Waals surface area contributed by atoms with Crippen LogP contribution in [-0.2, 0) is 6.54 Å². The van der Waals surface area contributed by atoms with Crippen LogP contribution in [0.5, 0.6) is 5.75 Å². The zero-order chi connectivity index (χ0) is 19.5. The van der Waals surface area contributed by atoms with Crippen LogP contribution in [0.15, 0.2) is 39.6 Å². The molecule has 3 aromatic rings. The summed E-state index contributed by atoms with van der Waals surface area (Å²) in [4.78, 5) is 15.6. The average molecular weight is 444 g/mol. The Kier molecular flexibility index (Phi) is 5.68. The molecule has 1 aliphatic rings. The van der Waals surface area contributed by atoms with Crippen molar-refractivity contribution in [3.05, 3.63) is 52.1 Å². The zero-order valence-corrected chi connectivity index (χ0v) is 17.5. The topological polar surface area (TPSA) is 77.2 Å². The van der Waals surface area contributed by atoms with Gasteiger partial charge < -0.3 is 9.26 Å². The van der Waals surface area contributed by atoms with Gasteiger partial charge >= 0.3 is 0 Å². The molecule has 4 rings (SSSR count). The van der Waals surface area contributed by atoms with Crippen LogP contribution in [0.4, 0.5) is 0 Å². The SMILES string of the molecule is COc1ccc(CN2CCC(c3noc(-c4cnc(C)cn4)n3)CC2)cc1Br. The molecule has 3 heterocycles. The van der Waals surface area contributed by atoms with Gasteiger partial charge in [0.05, 0.1) is 23.5 Å². The second-order valence-electron chi connectivity index (χ2n) is 7.02. The number of hydrogen-bond donors (Lipinski definition) is 0. The third-order valence-corrected chi connectivity index (χ3v) is 5.64. The predicted molar refractivity (Wildman–Crippen MR) is 108 cm³/mol. The third kappa shape index (κ3) is 4.23. The van der Waals surface area contributed by atoms with Gasteiger partial charge in [0.1, 0.15) is 11.4 Å². The number of hydrogen-bond acceptors (Lipinski definition) is 7. The van der Waals surface area contributed by atoms with Gasteiger partial charge in [-0.1, -0.05) is 11.2 Å². The number of piperidine rings is 1. The highest BCUT2D eigenvalue weighted by Crippen LogP contribution is 2.30. The monoisotopic (exact) mass is 443 g/mol. The van der Waals surface area contributed by atoms with Crippen LogP contribution in [0, 0.1) is 6.92 Å². The number of halogens is 1. The predicted octanol–water partition coefficient (Wildman–Crippen LogP) is 3.99. The van der Waals surface area contributed by atoms with E-state index in [1.54, 1.807) is 19.5 Å². The maximum atomic E-state index is 5.41. The normalized spacial score (nSPS) is 15.7. The van der Waals surface area contributed by atoms with Crippen LogP contribution < -0.4 is 4.74 Å². The fraction of sp³-hybridized carbons (Fsp3) is 0.400. The van der Waals surface area contributed by atoms with E-state index in [-0.39, 0.29) is 0 Å². The highest BCUT2D eigenvalue weighted by Gasteiger charge is 2.25. The average Bonchev–Trinajstić information content (AvgIpc) is 3.19. The largest absolute Gasteiger partial charge is 0.496 e. The summed E-state index contributed by atoms with van der Waals surface area (Å²) in [5.41, 5.74) is 2.75. The van der Waals surface area contributed by atoms with Gasteiger partial charge in [-0.2, -0.15) is 4.98 Å². The fourth-order valence-corrected chi connectivity index (χ4v) is 4.01. The summed E-state index contributed by atoms with van der Waals surface area (Å²) in [5.74, 6) is 2.38. The van der Waals surface area contributed by atoms with Crippen molar-refractivity contribution in [3.63, 3.8) is 0 Å². The van der Waals surface area contributed by atoms with Gasteiger partial charge in [-0.15, -0.1) is 0 Å². The van der Waals surface area contributed by atoms with Crippen molar-refractivity contribution in [1.29, 1.82) is 0 Å². The molecule has 0 spiro atoms. The van der Waals surface area contributed by atoms with Crippen molar-refractivity contribution in [3.8, 4) is 17.3 Å². The Labute approximate surface area is 172 Å². The number of ether oxygens (including phenoxy) is 1. The Morgan fingerprint density at radius 2 is 2.04 bits per heavy atom. The molecule has 8 heteroatoms. The number of likely N-dealkylation sites (tertiary alicyclic amines) is 1. The number of aryl methyl sites for hydroxylation is 1. The molecule has 1 aliphatic heterocycles. The number of methoxy groups -OCH3 is 1. The molecule has 0 N–H and O–H groups in total. The molecule has 0 unspecified atom stereocenters. The van der Waals surface area contributed by atoms with E-state index in [0.717, 1.165) is 54.2 Å². The number of benzene rings is 1. The molecular weight excluding hydrogens is 422 g/mol. The molecule has 2 aromatic heterocycles. The van der Waals surface area contributed by atoms with Gasteiger partial charge in [0.2, 0.25) is 0 Å². The van der Waals surface area contributed by atoms with Crippen LogP contribution in [0.2, 0.25) is 0 Å². The van der Waals surface area contributed by atoms with Crippen molar-refractivity contribution in [2.45, 2.75) is 32.2 Å². The Morgan fingerprint density at radius 1 is 1.21 bits per heavy atom. The van der Waals surface area contributed by atoms with Gasteiger partial charge in [0.15, 0.2) is 5.82 Å². The molecule has 7 nitrogen and oxygen atoms in total. The first-order valence-corrected chi connectivity index (χ1v) is 10.1. The fourth-order valence-electron chi connectivity index (χ4n) is 3.42. The summed E-state index contributed by atoms with van der Waals surface area (Å²) in [7, 11) is 1.68.